The zero-order valence-corrected chi connectivity index (χ0v) is 18.1. The van der Waals surface area contributed by atoms with Crippen LogP contribution in [0.15, 0.2) is 48.5 Å². The average molecular weight is 410 g/mol. The van der Waals surface area contributed by atoms with Crippen LogP contribution in [0.1, 0.15) is 19.4 Å². The van der Waals surface area contributed by atoms with Crippen LogP contribution in [0.5, 0.6) is 0 Å². The summed E-state index contributed by atoms with van der Waals surface area (Å²) in [5.41, 5.74) is 4.86. The molecule has 0 bridgehead atoms. The van der Waals surface area contributed by atoms with Crippen LogP contribution in [0.3, 0.4) is 0 Å². The minimum atomic E-state index is 0. The van der Waals surface area contributed by atoms with E-state index >= 15 is 0 Å². The van der Waals surface area contributed by atoms with Crippen LogP contribution in [0, 0.1) is 6.92 Å². The monoisotopic (exact) mass is 410 g/mol. The van der Waals surface area contributed by atoms with Crippen LogP contribution in [0.4, 0.5) is 0 Å². The Morgan fingerprint density at radius 2 is 1.40 bits per heavy atom. The second-order valence-electron chi connectivity index (χ2n) is 4.86. The number of rotatable bonds is 3. The third kappa shape index (κ3) is 6.28. The van der Waals surface area contributed by atoms with Gasteiger partial charge >= 0.3 is 0 Å². The van der Waals surface area contributed by atoms with E-state index in [4.69, 9.17) is 0 Å². The van der Waals surface area contributed by atoms with E-state index < -0.39 is 0 Å². The minimum absolute atomic E-state index is 0. The zero-order chi connectivity index (χ0) is 12.3. The standard InChI is InChI=1S/C16H19Si.2H3P.Rh/c1-12(2)17-16-7-5-4-6-15(16)14-10-8-13(3)9-11-14;;;/h4-12,17H,1-3H3;2*1H3;. The van der Waals surface area contributed by atoms with Crippen molar-refractivity contribution in [2.24, 2.45) is 0 Å². The van der Waals surface area contributed by atoms with Gasteiger partial charge in [0, 0.05) is 19.5 Å². The molecule has 0 heterocycles. The zero-order valence-electron chi connectivity index (χ0n) is 12.5. The molecule has 0 aromatic heterocycles. The van der Waals surface area contributed by atoms with Crippen molar-refractivity contribution in [3.63, 3.8) is 0 Å². The van der Waals surface area contributed by atoms with Gasteiger partial charge in [-0.05, 0) is 18.1 Å². The molecule has 20 heavy (non-hydrogen) atoms. The first-order valence-electron chi connectivity index (χ1n) is 6.18. The molecule has 0 aliphatic heterocycles. The summed E-state index contributed by atoms with van der Waals surface area (Å²) in [5.74, 6) is 0. The maximum absolute atomic E-state index is 2.31. The van der Waals surface area contributed by atoms with E-state index in [0.717, 1.165) is 5.54 Å². The molecule has 0 aliphatic rings. The second kappa shape index (κ2) is 10.8. The van der Waals surface area contributed by atoms with E-state index in [2.05, 4.69) is 69.3 Å². The van der Waals surface area contributed by atoms with Crippen LogP contribution < -0.4 is 5.19 Å². The fourth-order valence-corrected chi connectivity index (χ4v) is 3.38. The van der Waals surface area contributed by atoms with E-state index in [1.165, 1.54) is 21.9 Å². The molecular formula is C16H25P2RhSi. The average Bonchev–Trinajstić information content (AvgIpc) is 2.30. The molecule has 2 aromatic carbocycles. The van der Waals surface area contributed by atoms with Crippen LogP contribution in [0.25, 0.3) is 11.1 Å². The molecule has 0 N–H and O–H groups in total. The van der Waals surface area contributed by atoms with Crippen LogP contribution in [-0.4, -0.2) is 9.52 Å². The van der Waals surface area contributed by atoms with Gasteiger partial charge in [-0.3, -0.25) is 0 Å². The third-order valence-electron chi connectivity index (χ3n) is 2.84. The molecular weight excluding hydrogens is 385 g/mol. The Labute approximate surface area is 145 Å². The molecule has 0 aliphatic carbocycles. The van der Waals surface area contributed by atoms with E-state index in [-0.39, 0.29) is 39.3 Å². The van der Waals surface area contributed by atoms with Gasteiger partial charge in [-0.2, -0.15) is 19.8 Å². The molecule has 0 nitrogen and oxygen atoms in total. The van der Waals surface area contributed by atoms with Crippen LogP contribution in [0.2, 0.25) is 5.54 Å². The van der Waals surface area contributed by atoms with Gasteiger partial charge in [-0.15, -0.1) is 0 Å². The summed E-state index contributed by atoms with van der Waals surface area (Å²) < 4.78 is 0. The van der Waals surface area contributed by atoms with Crippen molar-refractivity contribution < 1.29 is 19.5 Å². The van der Waals surface area contributed by atoms with Crippen molar-refractivity contribution in [3.05, 3.63) is 54.1 Å². The van der Waals surface area contributed by atoms with Crippen LogP contribution in [-0.2, 0) is 19.5 Å². The molecule has 2 aromatic rings. The van der Waals surface area contributed by atoms with Gasteiger partial charge in [0.2, 0.25) is 0 Å². The molecule has 0 saturated carbocycles. The van der Waals surface area contributed by atoms with Crippen molar-refractivity contribution >= 4 is 34.5 Å². The van der Waals surface area contributed by atoms with Crippen molar-refractivity contribution in [1.82, 2.24) is 0 Å². The molecule has 0 amide bonds. The smallest absolute Gasteiger partial charge is 0.0703 e. The molecule has 2 atom stereocenters. The van der Waals surface area contributed by atoms with Crippen molar-refractivity contribution in [3.8, 4) is 11.1 Å². The first-order valence-corrected chi connectivity index (χ1v) is 7.42. The molecule has 2 rings (SSSR count). The predicted octanol–water partition coefficient (Wildman–Crippen LogP) is 3.67. The first-order chi connectivity index (χ1) is 8.16. The van der Waals surface area contributed by atoms with Gasteiger partial charge in [0.25, 0.3) is 0 Å². The third-order valence-corrected chi connectivity index (χ3v) is 4.37. The number of hydrogen-bond donors (Lipinski definition) is 0. The maximum Gasteiger partial charge on any atom is 0.0703 e. The Morgan fingerprint density at radius 3 is 1.95 bits per heavy atom. The summed E-state index contributed by atoms with van der Waals surface area (Å²) in [6, 6.07) is 17.7. The van der Waals surface area contributed by atoms with E-state index in [1.807, 2.05) is 0 Å². The van der Waals surface area contributed by atoms with Crippen molar-refractivity contribution in [2.75, 3.05) is 0 Å². The van der Waals surface area contributed by atoms with E-state index in [1.54, 1.807) is 0 Å². The fourth-order valence-electron chi connectivity index (χ4n) is 2.00. The van der Waals surface area contributed by atoms with E-state index in [0.29, 0.717) is 9.52 Å². The second-order valence-corrected chi connectivity index (χ2v) is 7.15. The maximum atomic E-state index is 2.31. The largest absolute Gasteiger partial charge is 0.153 e. The normalized spacial score (nSPS) is 9.20. The molecule has 0 spiro atoms. The molecule has 2 radical (unpaired) electrons. The summed E-state index contributed by atoms with van der Waals surface area (Å²) in [6.45, 7) is 6.75. The summed E-state index contributed by atoms with van der Waals surface area (Å²) >= 11 is 0. The Bertz CT molecular complexity index is 498. The predicted molar refractivity (Wildman–Crippen MR) is 101 cm³/mol. The van der Waals surface area contributed by atoms with Crippen molar-refractivity contribution in [1.29, 1.82) is 0 Å². The number of aryl methyl sites for hydroxylation is 1. The SMILES string of the molecule is Cc1ccc(-c2ccccc2[SiH]C(C)C)cc1.P.P.[Rh]. The Morgan fingerprint density at radius 1 is 0.850 bits per heavy atom. The number of benzene rings is 2. The molecule has 0 fully saturated rings. The topological polar surface area (TPSA) is 0 Å². The van der Waals surface area contributed by atoms with Crippen molar-refractivity contribution in [2.45, 2.75) is 26.3 Å². The van der Waals surface area contributed by atoms with Crippen LogP contribution >= 0.6 is 19.8 Å². The Balaban J connectivity index is 0. The Kier molecular flexibility index (Phi) is 12.1. The van der Waals surface area contributed by atoms with Gasteiger partial charge in [0.1, 0.15) is 0 Å². The molecule has 0 saturated heterocycles. The molecule has 4 heteroatoms. The number of hydrogen-bond acceptors (Lipinski definition) is 0. The summed E-state index contributed by atoms with van der Waals surface area (Å²) in [5, 5.41) is 1.53. The molecule has 2 unspecified atom stereocenters. The summed E-state index contributed by atoms with van der Waals surface area (Å²) in [4.78, 5) is 0. The van der Waals surface area contributed by atoms with Gasteiger partial charge in [-0.1, -0.05) is 78.7 Å². The first kappa shape index (κ1) is 22.4. The fraction of sp³-hybridized carbons (Fsp3) is 0.250. The van der Waals surface area contributed by atoms with Gasteiger partial charge in [0.05, 0.1) is 9.52 Å². The quantitative estimate of drug-likeness (QED) is 0.535. The summed E-state index contributed by atoms with van der Waals surface area (Å²) in [6.07, 6.45) is 0. The summed E-state index contributed by atoms with van der Waals surface area (Å²) in [7, 11) is 0.362. The van der Waals surface area contributed by atoms with Gasteiger partial charge in [0.15, 0.2) is 0 Å². The Hall–Kier alpha value is 0.140. The molecule has 112 valence electrons. The minimum Gasteiger partial charge on any atom is -0.153 e. The van der Waals surface area contributed by atoms with Gasteiger partial charge in [-0.25, -0.2) is 0 Å². The van der Waals surface area contributed by atoms with E-state index in [9.17, 15) is 0 Å². The van der Waals surface area contributed by atoms with Gasteiger partial charge < -0.3 is 0 Å².